The van der Waals surface area contributed by atoms with Crippen LogP contribution in [0.2, 0.25) is 0 Å². The molecule has 4 rings (SSSR count). The third kappa shape index (κ3) is 4.47. The van der Waals surface area contributed by atoms with Crippen molar-refractivity contribution < 1.29 is 0 Å². The van der Waals surface area contributed by atoms with E-state index in [1.165, 1.54) is 12.8 Å². The maximum Gasteiger partial charge on any atom is 0.216 e. The lowest BCUT2D eigenvalue weighted by Gasteiger charge is -2.18. The highest BCUT2D eigenvalue weighted by molar-refractivity contribution is 5.74. The lowest BCUT2D eigenvalue weighted by Crippen LogP contribution is -2.19. The van der Waals surface area contributed by atoms with Crippen LogP contribution in [0, 0.1) is 18.3 Å². The average molecular weight is 388 g/mol. The van der Waals surface area contributed by atoms with E-state index in [0.717, 1.165) is 41.9 Å². The number of aromatic nitrogens is 6. The number of aromatic amines is 1. The van der Waals surface area contributed by atoms with Crippen LogP contribution >= 0.6 is 0 Å². The van der Waals surface area contributed by atoms with Crippen molar-refractivity contribution in [3.8, 4) is 6.07 Å². The fourth-order valence-electron chi connectivity index (χ4n) is 3.10. The molecular formula is C19H20N10. The molecule has 10 heteroatoms. The molecule has 0 amide bonds. The van der Waals surface area contributed by atoms with Crippen LogP contribution in [0.5, 0.6) is 0 Å². The second kappa shape index (κ2) is 8.35. The van der Waals surface area contributed by atoms with Crippen LogP contribution in [-0.2, 0) is 0 Å². The first kappa shape index (κ1) is 18.4. The minimum atomic E-state index is 0.242. The summed E-state index contributed by atoms with van der Waals surface area (Å²) in [6.45, 7) is 3.98. The first-order valence-electron chi connectivity index (χ1n) is 9.29. The van der Waals surface area contributed by atoms with E-state index in [1.54, 1.807) is 6.20 Å². The number of allylic oxidation sites excluding steroid dienone is 1. The Bertz CT molecular complexity index is 1030. The van der Waals surface area contributed by atoms with E-state index in [-0.39, 0.29) is 11.4 Å². The zero-order valence-electron chi connectivity index (χ0n) is 15.9. The molecule has 0 saturated carbocycles. The van der Waals surface area contributed by atoms with Gasteiger partial charge in [-0.3, -0.25) is 0 Å². The molecule has 1 aliphatic heterocycles. The highest BCUT2D eigenvalue weighted by atomic mass is 15.5. The zero-order valence-corrected chi connectivity index (χ0v) is 15.9. The van der Waals surface area contributed by atoms with Crippen molar-refractivity contribution in [3.05, 3.63) is 48.2 Å². The maximum atomic E-state index is 9.20. The normalized spacial score (nSPS) is 13.9. The predicted octanol–water partition coefficient (Wildman–Crippen LogP) is 2.62. The molecule has 0 aliphatic carbocycles. The van der Waals surface area contributed by atoms with Crippen molar-refractivity contribution in [2.75, 3.05) is 28.6 Å². The summed E-state index contributed by atoms with van der Waals surface area (Å²) in [5.74, 6) is 2.72. The number of rotatable bonds is 6. The molecule has 0 spiro atoms. The highest BCUT2D eigenvalue weighted by Crippen LogP contribution is 2.23. The molecular weight excluding hydrogens is 368 g/mol. The Hall–Kier alpha value is -4.00. The summed E-state index contributed by atoms with van der Waals surface area (Å²) in [7, 11) is 0. The van der Waals surface area contributed by atoms with Crippen molar-refractivity contribution in [2.24, 2.45) is 0 Å². The summed E-state index contributed by atoms with van der Waals surface area (Å²) in [5.41, 5.74) is 2.01. The second-order valence-corrected chi connectivity index (χ2v) is 6.60. The Morgan fingerprint density at radius 2 is 1.93 bits per heavy atom. The molecule has 3 N–H and O–H groups in total. The molecule has 1 aromatic carbocycles. The fourth-order valence-corrected chi connectivity index (χ4v) is 3.10. The van der Waals surface area contributed by atoms with Gasteiger partial charge in [0.15, 0.2) is 0 Å². The van der Waals surface area contributed by atoms with Crippen molar-refractivity contribution in [1.29, 1.82) is 5.26 Å². The van der Waals surface area contributed by atoms with Crippen molar-refractivity contribution in [1.82, 2.24) is 30.6 Å². The maximum absolute atomic E-state index is 9.20. The SMILES string of the molecule is Cc1nc(Nc2ccc(NC=C(C#N)c3nn[nH]n3)cc2)cc(N2CCCC2)n1. The van der Waals surface area contributed by atoms with Gasteiger partial charge in [0.1, 0.15) is 29.1 Å². The molecule has 3 heterocycles. The van der Waals surface area contributed by atoms with Gasteiger partial charge in [0.2, 0.25) is 5.82 Å². The van der Waals surface area contributed by atoms with E-state index in [1.807, 2.05) is 43.3 Å². The summed E-state index contributed by atoms with van der Waals surface area (Å²) < 4.78 is 0. The molecule has 1 fully saturated rings. The number of nitrogens with one attached hydrogen (secondary N) is 3. The molecule has 0 bridgehead atoms. The molecule has 2 aromatic heterocycles. The molecule has 1 saturated heterocycles. The first-order valence-corrected chi connectivity index (χ1v) is 9.29. The van der Waals surface area contributed by atoms with Crippen molar-refractivity contribution in [3.63, 3.8) is 0 Å². The van der Waals surface area contributed by atoms with Crippen LogP contribution in [0.1, 0.15) is 24.5 Å². The molecule has 0 unspecified atom stereocenters. The Morgan fingerprint density at radius 3 is 2.62 bits per heavy atom. The zero-order chi connectivity index (χ0) is 20.1. The van der Waals surface area contributed by atoms with Crippen LogP contribution in [0.25, 0.3) is 5.57 Å². The van der Waals surface area contributed by atoms with Gasteiger partial charge >= 0.3 is 0 Å². The summed E-state index contributed by atoms with van der Waals surface area (Å²) in [5, 5.41) is 29.0. The molecule has 29 heavy (non-hydrogen) atoms. The predicted molar refractivity (Wildman–Crippen MR) is 109 cm³/mol. The number of hydrogen-bond donors (Lipinski definition) is 3. The minimum Gasteiger partial charge on any atom is -0.360 e. The van der Waals surface area contributed by atoms with Gasteiger partial charge in [-0.1, -0.05) is 0 Å². The average Bonchev–Trinajstić information content (AvgIpc) is 3.44. The third-order valence-electron chi connectivity index (χ3n) is 4.50. The number of anilines is 4. The molecule has 0 radical (unpaired) electrons. The van der Waals surface area contributed by atoms with Gasteiger partial charge in [-0.2, -0.15) is 10.5 Å². The van der Waals surface area contributed by atoms with E-state index < -0.39 is 0 Å². The number of aryl methyl sites for hydroxylation is 1. The van der Waals surface area contributed by atoms with Crippen LogP contribution in [-0.4, -0.2) is 43.7 Å². The standard InChI is InChI=1S/C19H20N10/c1-13-22-17(10-18(23-13)29-8-2-3-9-29)24-16-6-4-15(5-7-16)21-12-14(11-20)19-25-27-28-26-19/h4-7,10,12,21H,2-3,8-9H2,1H3,(H,22,23,24)(H,25,26,27,28). The molecule has 3 aromatic rings. The number of nitriles is 1. The smallest absolute Gasteiger partial charge is 0.216 e. The highest BCUT2D eigenvalue weighted by Gasteiger charge is 2.15. The Morgan fingerprint density at radius 1 is 1.17 bits per heavy atom. The molecule has 10 nitrogen and oxygen atoms in total. The lowest BCUT2D eigenvalue weighted by molar-refractivity contribution is 0.881. The summed E-state index contributed by atoms with van der Waals surface area (Å²) >= 11 is 0. The van der Waals surface area contributed by atoms with Crippen LogP contribution < -0.4 is 15.5 Å². The second-order valence-electron chi connectivity index (χ2n) is 6.60. The van der Waals surface area contributed by atoms with Gasteiger partial charge in [0.05, 0.1) is 0 Å². The summed E-state index contributed by atoms with van der Waals surface area (Å²) in [6.07, 6.45) is 3.95. The van der Waals surface area contributed by atoms with E-state index in [2.05, 4.69) is 46.1 Å². The third-order valence-corrected chi connectivity index (χ3v) is 4.50. The summed E-state index contributed by atoms with van der Waals surface area (Å²) in [4.78, 5) is 11.3. The van der Waals surface area contributed by atoms with Crippen molar-refractivity contribution in [2.45, 2.75) is 19.8 Å². The molecule has 1 aliphatic rings. The Balaban J connectivity index is 1.44. The fraction of sp³-hybridized carbons (Fsp3) is 0.263. The molecule has 146 valence electrons. The van der Waals surface area contributed by atoms with E-state index in [4.69, 9.17) is 0 Å². The van der Waals surface area contributed by atoms with Gasteiger partial charge in [-0.05, 0) is 49.2 Å². The number of hydrogen-bond acceptors (Lipinski definition) is 9. The van der Waals surface area contributed by atoms with Gasteiger partial charge in [-0.25, -0.2) is 9.97 Å². The van der Waals surface area contributed by atoms with Crippen LogP contribution in [0.15, 0.2) is 36.5 Å². The van der Waals surface area contributed by atoms with Crippen LogP contribution in [0.4, 0.5) is 23.0 Å². The van der Waals surface area contributed by atoms with Crippen molar-refractivity contribution >= 4 is 28.6 Å². The topological polar surface area (TPSA) is 131 Å². The number of tetrazole rings is 1. The van der Waals surface area contributed by atoms with E-state index in [9.17, 15) is 5.26 Å². The first-order chi connectivity index (χ1) is 14.2. The lowest BCUT2D eigenvalue weighted by atomic mass is 10.2. The Labute approximate surface area is 167 Å². The monoisotopic (exact) mass is 388 g/mol. The molecule has 0 atom stereocenters. The number of nitrogens with zero attached hydrogens (tertiary/aromatic N) is 7. The van der Waals surface area contributed by atoms with E-state index in [0.29, 0.717) is 0 Å². The number of H-pyrrole nitrogens is 1. The number of benzene rings is 1. The quantitative estimate of drug-likeness (QED) is 0.545. The van der Waals surface area contributed by atoms with Gasteiger partial charge in [-0.15, -0.1) is 10.2 Å². The summed E-state index contributed by atoms with van der Waals surface area (Å²) in [6, 6.07) is 11.7. The van der Waals surface area contributed by atoms with Gasteiger partial charge in [0.25, 0.3) is 0 Å². The largest absolute Gasteiger partial charge is 0.360 e. The van der Waals surface area contributed by atoms with Crippen LogP contribution in [0.3, 0.4) is 0 Å². The Kier molecular flexibility index (Phi) is 5.29. The van der Waals surface area contributed by atoms with E-state index >= 15 is 0 Å². The minimum absolute atomic E-state index is 0.242. The van der Waals surface area contributed by atoms with Gasteiger partial charge in [0, 0.05) is 36.7 Å². The van der Waals surface area contributed by atoms with Gasteiger partial charge < -0.3 is 15.5 Å².